The van der Waals surface area contributed by atoms with E-state index in [-0.39, 0.29) is 41.0 Å². The Labute approximate surface area is 276 Å². The van der Waals surface area contributed by atoms with Crippen LogP contribution >= 0.6 is 0 Å². The zero-order chi connectivity index (χ0) is 33.6. The molecule has 2 amide bonds. The van der Waals surface area contributed by atoms with Crippen LogP contribution in [0.5, 0.6) is 0 Å². The Morgan fingerprint density at radius 1 is 0.979 bits per heavy atom. The first kappa shape index (κ1) is 33.9. The molecule has 2 atom stereocenters. The molecule has 47 heavy (non-hydrogen) atoms. The quantitative estimate of drug-likeness (QED) is 0.208. The molecule has 248 valence electrons. The largest absolute Gasteiger partial charge is 0.372 e. The second-order valence-corrected chi connectivity index (χ2v) is 14.2. The van der Waals surface area contributed by atoms with Gasteiger partial charge in [-0.15, -0.1) is 0 Å². The average Bonchev–Trinajstić information content (AvgIpc) is 3.04. The Morgan fingerprint density at radius 2 is 1.79 bits per heavy atom. The van der Waals surface area contributed by atoms with Crippen LogP contribution in [0.3, 0.4) is 0 Å². The number of carbonyl (C=O) groups is 2. The number of rotatable bonds is 12. The lowest BCUT2D eigenvalue weighted by atomic mass is 10.1. The number of amides is 2. The molecule has 4 aromatic rings. The fourth-order valence-electron chi connectivity index (χ4n) is 5.78. The number of hydrogen-bond acceptors (Lipinski definition) is 9. The van der Waals surface area contributed by atoms with Gasteiger partial charge in [-0.3, -0.25) is 14.6 Å². The molecular formula is C35H42N6O5S. The third-order valence-corrected chi connectivity index (χ3v) is 9.37. The van der Waals surface area contributed by atoms with Gasteiger partial charge in [-0.2, -0.15) is 0 Å². The van der Waals surface area contributed by atoms with Crippen molar-refractivity contribution in [2.75, 3.05) is 30.8 Å². The summed E-state index contributed by atoms with van der Waals surface area (Å²) in [4.78, 5) is 40.7. The highest BCUT2D eigenvalue weighted by atomic mass is 32.2. The molecule has 12 heteroatoms. The van der Waals surface area contributed by atoms with E-state index in [1.807, 2.05) is 36.4 Å². The Bertz CT molecular complexity index is 1860. The third-order valence-electron chi connectivity index (χ3n) is 8.13. The summed E-state index contributed by atoms with van der Waals surface area (Å²) in [6.07, 6.45) is 7.04. The van der Waals surface area contributed by atoms with E-state index < -0.39 is 9.84 Å². The van der Waals surface area contributed by atoms with Crippen molar-refractivity contribution in [1.29, 1.82) is 0 Å². The van der Waals surface area contributed by atoms with Crippen LogP contribution in [0.4, 0.5) is 5.82 Å². The number of pyridine rings is 3. The minimum atomic E-state index is -3.45. The second kappa shape index (κ2) is 15.0. The van der Waals surface area contributed by atoms with Crippen molar-refractivity contribution in [3.05, 3.63) is 77.6 Å². The lowest BCUT2D eigenvalue weighted by Gasteiger charge is -2.37. The van der Waals surface area contributed by atoms with Gasteiger partial charge in [0.1, 0.15) is 5.82 Å². The van der Waals surface area contributed by atoms with Crippen molar-refractivity contribution < 1.29 is 22.7 Å². The summed E-state index contributed by atoms with van der Waals surface area (Å²) in [5, 5.41) is 6.54. The van der Waals surface area contributed by atoms with Crippen molar-refractivity contribution in [3.63, 3.8) is 0 Å². The van der Waals surface area contributed by atoms with Crippen molar-refractivity contribution in [1.82, 2.24) is 25.6 Å². The van der Waals surface area contributed by atoms with Crippen molar-refractivity contribution >= 4 is 38.4 Å². The number of nitrogens with one attached hydrogen (secondary N) is 2. The molecule has 0 saturated carbocycles. The van der Waals surface area contributed by atoms with Crippen LogP contribution in [0.15, 0.2) is 65.7 Å². The molecule has 3 aromatic heterocycles. The molecule has 5 rings (SSSR count). The third kappa shape index (κ3) is 9.11. The normalized spacial score (nSPS) is 16.6. The summed E-state index contributed by atoms with van der Waals surface area (Å²) >= 11 is 0. The number of fused-ring (bicyclic) bond motifs is 1. The zero-order valence-electron chi connectivity index (χ0n) is 27.3. The predicted octanol–water partition coefficient (Wildman–Crippen LogP) is 4.62. The molecule has 0 radical (unpaired) electrons. The Hall–Kier alpha value is -4.42. The molecule has 0 aliphatic carbocycles. The fourth-order valence-corrected chi connectivity index (χ4v) is 6.78. The maximum absolute atomic E-state index is 12.8. The second-order valence-electron chi connectivity index (χ2n) is 12.2. The number of sulfone groups is 1. The summed E-state index contributed by atoms with van der Waals surface area (Å²) in [6.45, 7) is 7.70. The monoisotopic (exact) mass is 658 g/mol. The van der Waals surface area contributed by atoms with Gasteiger partial charge in [-0.05, 0) is 74.7 Å². The van der Waals surface area contributed by atoms with Gasteiger partial charge in [0, 0.05) is 50.0 Å². The van der Waals surface area contributed by atoms with E-state index in [0.717, 1.165) is 73.1 Å². The molecule has 11 nitrogen and oxygen atoms in total. The van der Waals surface area contributed by atoms with Gasteiger partial charge < -0.3 is 20.3 Å². The van der Waals surface area contributed by atoms with Gasteiger partial charge in [0.15, 0.2) is 9.84 Å². The minimum absolute atomic E-state index is 0.00868. The van der Waals surface area contributed by atoms with E-state index in [4.69, 9.17) is 14.7 Å². The topological polar surface area (TPSA) is 143 Å². The van der Waals surface area contributed by atoms with E-state index in [0.29, 0.717) is 17.8 Å². The Balaban J connectivity index is 1.24. The van der Waals surface area contributed by atoms with Crippen LogP contribution in [0.2, 0.25) is 0 Å². The minimum Gasteiger partial charge on any atom is -0.372 e. The number of ether oxygens (including phenoxy) is 1. The number of aryl methyl sites for hydroxylation is 1. The molecule has 1 aromatic carbocycles. The average molecular weight is 659 g/mol. The first-order chi connectivity index (χ1) is 22.5. The first-order valence-corrected chi connectivity index (χ1v) is 17.8. The van der Waals surface area contributed by atoms with Crippen molar-refractivity contribution in [3.8, 4) is 11.4 Å². The molecule has 1 aliphatic heterocycles. The first-order valence-electron chi connectivity index (χ1n) is 15.9. The van der Waals surface area contributed by atoms with Crippen LogP contribution in [-0.2, 0) is 25.9 Å². The highest BCUT2D eigenvalue weighted by Crippen LogP contribution is 2.26. The Kier molecular flexibility index (Phi) is 10.8. The lowest BCUT2D eigenvalue weighted by Crippen LogP contribution is -2.47. The number of morpholine rings is 1. The van der Waals surface area contributed by atoms with E-state index in [2.05, 4.69) is 27.4 Å². The van der Waals surface area contributed by atoms with Gasteiger partial charge in [0.05, 0.1) is 46.2 Å². The molecule has 0 spiro atoms. The number of nitrogens with zero attached hydrogens (tertiary/aromatic N) is 4. The van der Waals surface area contributed by atoms with Crippen LogP contribution in [0.1, 0.15) is 61.1 Å². The molecule has 4 heterocycles. The number of anilines is 1. The molecule has 0 bridgehead atoms. The summed E-state index contributed by atoms with van der Waals surface area (Å²) in [5.74, 6) is 0.499. The smallest absolute Gasteiger partial charge is 0.251 e. The summed E-state index contributed by atoms with van der Waals surface area (Å²) in [6, 6.07) is 16.3. The van der Waals surface area contributed by atoms with E-state index >= 15 is 0 Å². The van der Waals surface area contributed by atoms with Crippen molar-refractivity contribution in [2.24, 2.45) is 0 Å². The number of aromatic nitrogens is 3. The molecular weight excluding hydrogens is 616 g/mol. The van der Waals surface area contributed by atoms with Gasteiger partial charge in [-0.1, -0.05) is 25.0 Å². The highest BCUT2D eigenvalue weighted by molar-refractivity contribution is 7.90. The molecule has 1 saturated heterocycles. The van der Waals surface area contributed by atoms with Gasteiger partial charge in [0.2, 0.25) is 5.91 Å². The fraction of sp³-hybridized carbons (Fsp3) is 0.400. The molecule has 1 aliphatic rings. The van der Waals surface area contributed by atoms with E-state index in [9.17, 15) is 18.0 Å². The van der Waals surface area contributed by atoms with Gasteiger partial charge in [-0.25, -0.2) is 18.4 Å². The van der Waals surface area contributed by atoms with Gasteiger partial charge >= 0.3 is 0 Å². The zero-order valence-corrected chi connectivity index (χ0v) is 28.1. The van der Waals surface area contributed by atoms with Crippen LogP contribution in [0.25, 0.3) is 22.3 Å². The number of hydrogen-bond donors (Lipinski definition) is 2. The summed E-state index contributed by atoms with van der Waals surface area (Å²) in [7, 11) is -3.45. The number of carbonyl (C=O) groups excluding carboxylic acids is 2. The maximum atomic E-state index is 12.8. The molecule has 0 unspecified atom stereocenters. The Morgan fingerprint density at radius 3 is 2.57 bits per heavy atom. The summed E-state index contributed by atoms with van der Waals surface area (Å²) in [5.41, 5.74) is 3.69. The van der Waals surface area contributed by atoms with E-state index in [1.165, 1.54) is 13.0 Å². The van der Waals surface area contributed by atoms with E-state index in [1.54, 1.807) is 25.3 Å². The predicted molar refractivity (Wildman–Crippen MR) is 182 cm³/mol. The van der Waals surface area contributed by atoms with Gasteiger partial charge in [0.25, 0.3) is 5.91 Å². The van der Waals surface area contributed by atoms with Crippen LogP contribution < -0.4 is 15.5 Å². The van der Waals surface area contributed by atoms with Crippen molar-refractivity contribution in [2.45, 2.75) is 70.1 Å². The number of benzene rings is 1. The maximum Gasteiger partial charge on any atom is 0.251 e. The SMILES string of the molecule is CC(=O)NCCCCC[C@@H]1CN(c2cccc(-c3ccc4cnc(CNC(=O)c5ccc(C)c(S(C)(=O)=O)c5)cc4n3)n2)C[C@H](C)O1. The van der Waals surface area contributed by atoms with Crippen LogP contribution in [-0.4, -0.2) is 73.3 Å². The lowest BCUT2D eigenvalue weighted by molar-refractivity contribution is -0.118. The number of unbranched alkanes of at least 4 members (excludes halogenated alkanes) is 2. The van der Waals surface area contributed by atoms with Crippen LogP contribution in [0, 0.1) is 6.92 Å². The molecule has 1 fully saturated rings. The summed E-state index contributed by atoms with van der Waals surface area (Å²) < 4.78 is 30.4. The standard InChI is InChI=1S/C35H42N6O5S/c1-23-12-13-26(17-33(23)47(4,44)45)35(43)38-20-28-18-32-27(19-37-28)14-15-31(39-32)30-10-8-11-34(40-30)41-21-24(2)46-29(22-41)9-6-5-7-16-36-25(3)42/h8,10-15,17-19,24,29H,5-7,9,16,20-22H2,1-4H3,(H,36,42)(H,38,43)/t24-,29+/m0/s1. The molecule has 2 N–H and O–H groups in total. The highest BCUT2D eigenvalue weighted by Gasteiger charge is 2.26.